The molecule has 3 heterocycles. The van der Waals surface area contributed by atoms with E-state index in [1.54, 1.807) is 28.5 Å². The Hall–Kier alpha value is -2.71. The van der Waals surface area contributed by atoms with E-state index in [4.69, 9.17) is 20.9 Å². The van der Waals surface area contributed by atoms with Crippen molar-refractivity contribution in [1.82, 2.24) is 24.1 Å². The van der Waals surface area contributed by atoms with Crippen LogP contribution in [0.2, 0.25) is 5.02 Å². The summed E-state index contributed by atoms with van der Waals surface area (Å²) in [6, 6.07) is 5.44. The van der Waals surface area contributed by atoms with Crippen LogP contribution < -0.4 is 5.56 Å². The fourth-order valence-corrected chi connectivity index (χ4v) is 3.93. The van der Waals surface area contributed by atoms with Crippen LogP contribution in [0.1, 0.15) is 38.6 Å². The van der Waals surface area contributed by atoms with E-state index in [-0.39, 0.29) is 17.4 Å². The molecule has 0 radical (unpaired) electrons. The number of imidazole rings is 1. The monoisotopic (exact) mass is 399 g/mol. The van der Waals surface area contributed by atoms with Crippen molar-refractivity contribution in [3.05, 3.63) is 45.8 Å². The van der Waals surface area contributed by atoms with Crippen molar-refractivity contribution >= 4 is 28.2 Å². The lowest BCUT2D eigenvalue weighted by molar-refractivity contribution is 0.0492. The summed E-state index contributed by atoms with van der Waals surface area (Å²) < 4.78 is 14.3. The van der Waals surface area contributed by atoms with Crippen molar-refractivity contribution in [2.75, 3.05) is 7.11 Å². The molecule has 0 saturated heterocycles. The molecular formula is C19H18ClN5O3. The molecule has 28 heavy (non-hydrogen) atoms. The molecule has 1 aliphatic carbocycles. The maximum atomic E-state index is 13.4. The van der Waals surface area contributed by atoms with Crippen molar-refractivity contribution in [2.45, 2.75) is 38.3 Å². The van der Waals surface area contributed by atoms with Crippen LogP contribution in [0.3, 0.4) is 0 Å². The van der Waals surface area contributed by atoms with Crippen molar-refractivity contribution in [3.63, 3.8) is 0 Å². The van der Waals surface area contributed by atoms with Crippen molar-refractivity contribution in [1.29, 1.82) is 0 Å². The Kier molecular flexibility index (Phi) is 3.66. The molecule has 144 valence electrons. The van der Waals surface area contributed by atoms with E-state index in [0.29, 0.717) is 27.6 Å². The molecule has 1 aromatic carbocycles. The molecule has 0 N–H and O–H groups in total. The molecule has 0 amide bonds. The number of aromatic nitrogens is 5. The standard InChI is InChI=1S/C19H18ClN5O3/c1-10(2)25-14-11(20)5-4-6-12(14)24-9-21-13(15(24)17(25)26)16-22-18(28-23-16)19(27-3)7-8-19/h4-6,9-10H,7-8H2,1-3H3. The van der Waals surface area contributed by atoms with Gasteiger partial charge in [0.25, 0.3) is 11.4 Å². The van der Waals surface area contributed by atoms with Gasteiger partial charge >= 0.3 is 0 Å². The molecular weight excluding hydrogens is 382 g/mol. The Morgan fingerprint density at radius 1 is 1.29 bits per heavy atom. The minimum absolute atomic E-state index is 0.0910. The molecule has 0 unspecified atom stereocenters. The lowest BCUT2D eigenvalue weighted by Gasteiger charge is -2.16. The molecule has 0 bridgehead atoms. The van der Waals surface area contributed by atoms with Gasteiger partial charge in [0.15, 0.2) is 0 Å². The Morgan fingerprint density at radius 3 is 2.75 bits per heavy atom. The van der Waals surface area contributed by atoms with Crippen molar-refractivity contribution < 1.29 is 9.26 Å². The number of rotatable bonds is 4. The molecule has 0 atom stereocenters. The van der Waals surface area contributed by atoms with Gasteiger partial charge < -0.3 is 13.8 Å². The average Bonchev–Trinajstić information content (AvgIpc) is 3.11. The first-order valence-electron chi connectivity index (χ1n) is 9.06. The Bertz CT molecular complexity index is 1280. The van der Waals surface area contributed by atoms with Gasteiger partial charge in [-0.3, -0.25) is 9.20 Å². The number of ether oxygens (including phenoxy) is 1. The van der Waals surface area contributed by atoms with E-state index in [1.807, 2.05) is 26.0 Å². The molecule has 3 aromatic heterocycles. The van der Waals surface area contributed by atoms with Gasteiger partial charge in [-0.05, 0) is 38.8 Å². The second-order valence-electron chi connectivity index (χ2n) is 7.31. The van der Waals surface area contributed by atoms with E-state index < -0.39 is 5.60 Å². The number of benzene rings is 1. The number of halogens is 1. The Balaban J connectivity index is 1.81. The van der Waals surface area contributed by atoms with E-state index in [0.717, 1.165) is 18.4 Å². The third-order valence-corrected chi connectivity index (χ3v) is 5.60. The van der Waals surface area contributed by atoms with Crippen LogP contribution in [0.5, 0.6) is 0 Å². The third-order valence-electron chi connectivity index (χ3n) is 5.29. The zero-order valence-corrected chi connectivity index (χ0v) is 16.4. The summed E-state index contributed by atoms with van der Waals surface area (Å²) in [5.74, 6) is 0.689. The topological polar surface area (TPSA) is 87.5 Å². The van der Waals surface area contributed by atoms with Gasteiger partial charge in [-0.2, -0.15) is 4.98 Å². The molecule has 9 heteroatoms. The van der Waals surface area contributed by atoms with Gasteiger partial charge in [0.2, 0.25) is 5.82 Å². The highest BCUT2D eigenvalue weighted by atomic mass is 35.5. The summed E-state index contributed by atoms with van der Waals surface area (Å²) in [7, 11) is 1.63. The minimum Gasteiger partial charge on any atom is -0.368 e. The van der Waals surface area contributed by atoms with Gasteiger partial charge in [0.05, 0.1) is 16.1 Å². The second kappa shape index (κ2) is 5.89. The lowest BCUT2D eigenvalue weighted by Crippen LogP contribution is -2.25. The lowest BCUT2D eigenvalue weighted by atomic mass is 10.2. The molecule has 0 aliphatic heterocycles. The quantitative estimate of drug-likeness (QED) is 0.521. The maximum Gasteiger partial charge on any atom is 0.278 e. The summed E-state index contributed by atoms with van der Waals surface area (Å²) in [6.45, 7) is 3.89. The van der Waals surface area contributed by atoms with Gasteiger partial charge in [-0.15, -0.1) is 0 Å². The van der Waals surface area contributed by atoms with Crippen molar-refractivity contribution in [3.8, 4) is 11.5 Å². The number of nitrogens with zero attached hydrogens (tertiary/aromatic N) is 5. The van der Waals surface area contributed by atoms with Crippen LogP contribution in [-0.2, 0) is 10.3 Å². The van der Waals surface area contributed by atoms with E-state index in [1.165, 1.54) is 0 Å². The predicted molar refractivity (Wildman–Crippen MR) is 104 cm³/mol. The molecule has 0 spiro atoms. The molecule has 5 rings (SSSR count). The van der Waals surface area contributed by atoms with E-state index in [9.17, 15) is 4.79 Å². The largest absolute Gasteiger partial charge is 0.368 e. The van der Waals surface area contributed by atoms with Crippen LogP contribution in [-0.4, -0.2) is 31.2 Å². The van der Waals surface area contributed by atoms with Gasteiger partial charge in [0.1, 0.15) is 23.1 Å². The van der Waals surface area contributed by atoms with Crippen LogP contribution in [0.15, 0.2) is 33.8 Å². The molecule has 1 aliphatic rings. The first-order valence-corrected chi connectivity index (χ1v) is 9.44. The van der Waals surface area contributed by atoms with E-state index in [2.05, 4.69) is 15.1 Å². The molecule has 8 nitrogen and oxygen atoms in total. The van der Waals surface area contributed by atoms with Crippen LogP contribution in [0.4, 0.5) is 0 Å². The molecule has 1 saturated carbocycles. The van der Waals surface area contributed by atoms with E-state index >= 15 is 0 Å². The second-order valence-corrected chi connectivity index (χ2v) is 7.72. The highest BCUT2D eigenvalue weighted by Gasteiger charge is 2.50. The minimum atomic E-state index is -0.501. The van der Waals surface area contributed by atoms with Crippen LogP contribution >= 0.6 is 11.6 Å². The van der Waals surface area contributed by atoms with Gasteiger partial charge in [-0.25, -0.2) is 4.98 Å². The first kappa shape index (κ1) is 17.4. The number of methoxy groups -OCH3 is 1. The summed E-state index contributed by atoms with van der Waals surface area (Å²) >= 11 is 6.43. The van der Waals surface area contributed by atoms with Crippen LogP contribution in [0.25, 0.3) is 28.1 Å². The fourth-order valence-electron chi connectivity index (χ4n) is 3.67. The first-order chi connectivity index (χ1) is 13.5. The Labute approximate surface area is 164 Å². The average molecular weight is 400 g/mol. The number of hydrogen-bond donors (Lipinski definition) is 0. The summed E-state index contributed by atoms with van der Waals surface area (Å²) in [5.41, 5.74) is 1.52. The zero-order chi connectivity index (χ0) is 19.6. The highest BCUT2D eigenvalue weighted by Crippen LogP contribution is 2.48. The molecule has 4 aromatic rings. The zero-order valence-electron chi connectivity index (χ0n) is 15.6. The SMILES string of the molecule is COC1(c2nc(-c3ncn4c3c(=O)n(C(C)C)c3c(Cl)cccc34)no2)CC1. The number of fused-ring (bicyclic) bond motifs is 3. The predicted octanol–water partition coefficient (Wildman–Crippen LogP) is 3.57. The normalized spacial score (nSPS) is 15.8. The Morgan fingerprint density at radius 2 is 2.07 bits per heavy atom. The van der Waals surface area contributed by atoms with Gasteiger partial charge in [-0.1, -0.05) is 22.8 Å². The summed E-state index contributed by atoms with van der Waals surface area (Å²) in [4.78, 5) is 22.3. The molecule has 1 fully saturated rings. The van der Waals surface area contributed by atoms with Crippen molar-refractivity contribution in [2.24, 2.45) is 0 Å². The maximum absolute atomic E-state index is 13.4. The van der Waals surface area contributed by atoms with Gasteiger partial charge in [0, 0.05) is 13.2 Å². The summed E-state index contributed by atoms with van der Waals surface area (Å²) in [6.07, 6.45) is 3.26. The number of hydrogen-bond acceptors (Lipinski definition) is 6. The number of para-hydroxylation sites is 1. The van der Waals surface area contributed by atoms with Crippen LogP contribution in [0, 0.1) is 0 Å². The fraction of sp³-hybridized carbons (Fsp3) is 0.368. The smallest absolute Gasteiger partial charge is 0.278 e. The third kappa shape index (κ3) is 2.28. The summed E-state index contributed by atoms with van der Waals surface area (Å²) in [5, 5.41) is 4.57. The highest BCUT2D eigenvalue weighted by molar-refractivity contribution is 6.35.